The highest BCUT2D eigenvalue weighted by Gasteiger charge is 2.27. The summed E-state index contributed by atoms with van der Waals surface area (Å²) in [5.74, 6) is -0.302. The Balaban J connectivity index is 2.24. The van der Waals surface area contributed by atoms with E-state index in [1.165, 1.54) is 0 Å². The van der Waals surface area contributed by atoms with E-state index in [0.29, 0.717) is 16.1 Å². The van der Waals surface area contributed by atoms with Crippen LogP contribution in [0.15, 0.2) is 54.6 Å². The van der Waals surface area contributed by atoms with E-state index in [1.807, 2.05) is 30.3 Å². The van der Waals surface area contributed by atoms with E-state index < -0.39 is 4.90 Å². The van der Waals surface area contributed by atoms with Gasteiger partial charge in [0.15, 0.2) is 0 Å². The minimum Gasteiger partial charge on any atom is -0.612 e. The van der Waals surface area contributed by atoms with Gasteiger partial charge in [-0.2, -0.15) is 4.90 Å². The minimum absolute atomic E-state index is 0.296. The molecule has 1 aliphatic rings. The Morgan fingerprint density at radius 2 is 1.45 bits per heavy atom. The molecule has 0 heterocycles. The van der Waals surface area contributed by atoms with Crippen molar-refractivity contribution in [3.63, 3.8) is 0 Å². The molecule has 0 atom stereocenters. The van der Waals surface area contributed by atoms with Gasteiger partial charge in [-0.3, -0.25) is 0 Å². The Bertz CT molecular complexity index is 807. The Hall–Kier alpha value is -2.95. The zero-order chi connectivity index (χ0) is 14.1. The van der Waals surface area contributed by atoms with Crippen LogP contribution in [-0.2, 0) is 0 Å². The van der Waals surface area contributed by atoms with Gasteiger partial charge in [0.2, 0.25) is 5.76 Å². The Morgan fingerprint density at radius 3 is 2.10 bits per heavy atom. The quantitative estimate of drug-likeness (QED) is 0.629. The molecule has 0 radical (unpaired) electrons. The first kappa shape index (κ1) is 12.1. The van der Waals surface area contributed by atoms with Gasteiger partial charge in [-0.05, 0) is 12.1 Å². The topological polar surface area (TPSA) is 81.4 Å². The van der Waals surface area contributed by atoms with Gasteiger partial charge in [-0.1, -0.05) is 42.5 Å². The summed E-state index contributed by atoms with van der Waals surface area (Å²) in [6.45, 7) is 0. The van der Waals surface area contributed by atoms with Gasteiger partial charge < -0.3 is 20.8 Å². The smallest absolute Gasteiger partial charge is 0.289 e. The molecule has 0 bridgehead atoms. The molecule has 0 saturated heterocycles. The van der Waals surface area contributed by atoms with Crippen LogP contribution >= 0.6 is 0 Å². The van der Waals surface area contributed by atoms with E-state index >= 15 is 0 Å². The van der Waals surface area contributed by atoms with Crippen molar-refractivity contribution in [1.82, 2.24) is 0 Å². The van der Waals surface area contributed by atoms with Crippen LogP contribution in [0.25, 0.3) is 11.5 Å². The number of hydrogen-bond donors (Lipinski definition) is 2. The summed E-state index contributed by atoms with van der Waals surface area (Å²) in [5, 5.41) is 36.6. The van der Waals surface area contributed by atoms with Crippen LogP contribution in [0, 0.1) is 10.4 Å². The van der Waals surface area contributed by atoms with Gasteiger partial charge >= 0.3 is 0 Å². The van der Waals surface area contributed by atoms with Crippen LogP contribution in [0.4, 0.5) is 5.69 Å². The van der Waals surface area contributed by atoms with Crippen LogP contribution in [0.2, 0.25) is 0 Å². The Kier molecular flexibility index (Phi) is 2.80. The molecule has 0 aliphatic heterocycles. The molecule has 1 aliphatic carbocycles. The first-order valence-electron chi connectivity index (χ1n) is 6.05. The monoisotopic (exact) mass is 267 g/mol. The highest BCUT2D eigenvalue weighted by Crippen LogP contribution is 2.14. The van der Waals surface area contributed by atoms with Crippen LogP contribution < -0.4 is 15.8 Å². The summed E-state index contributed by atoms with van der Waals surface area (Å²) >= 11 is 0. The van der Waals surface area contributed by atoms with Gasteiger partial charge in [0.25, 0.3) is 5.71 Å². The molecule has 0 saturated carbocycles. The number of fused-ring (bicyclic) bond motifs is 1. The molecule has 2 aromatic carbocycles. The average molecular weight is 267 g/mol. The van der Waals surface area contributed by atoms with Gasteiger partial charge in [-0.25, -0.2) is 0 Å². The molecule has 0 amide bonds. The van der Waals surface area contributed by atoms with Crippen molar-refractivity contribution in [1.29, 1.82) is 0 Å². The van der Waals surface area contributed by atoms with Crippen LogP contribution in [0.1, 0.15) is 0 Å². The molecule has 2 N–H and O–H groups in total. The minimum atomic E-state index is -0.569. The van der Waals surface area contributed by atoms with Gasteiger partial charge in [0.1, 0.15) is 5.70 Å². The maximum atomic E-state index is 11.2. The summed E-state index contributed by atoms with van der Waals surface area (Å²) in [6, 6.07) is 16.1. The highest BCUT2D eigenvalue weighted by atomic mass is 16.8. The molecule has 0 aromatic heterocycles. The lowest BCUT2D eigenvalue weighted by atomic mass is 10.2. The molecule has 5 heteroatoms. The third kappa shape index (κ3) is 1.85. The summed E-state index contributed by atoms with van der Waals surface area (Å²) in [6.07, 6.45) is 0. The normalized spacial score (nSPS) is 13.3. The first-order valence-corrected chi connectivity index (χ1v) is 6.05. The number of aliphatic hydroxyl groups is 1. The largest absolute Gasteiger partial charge is 0.612 e. The number of benzene rings is 2. The van der Waals surface area contributed by atoms with Crippen molar-refractivity contribution in [2.75, 3.05) is 5.32 Å². The van der Waals surface area contributed by atoms with Crippen LogP contribution in [-0.4, -0.2) is 15.7 Å². The zero-order valence-electron chi connectivity index (χ0n) is 10.4. The fraction of sp³-hybridized carbons (Fsp3) is 0. The third-order valence-electron chi connectivity index (χ3n) is 3.14. The van der Waals surface area contributed by atoms with E-state index in [1.54, 1.807) is 24.3 Å². The summed E-state index contributed by atoms with van der Waals surface area (Å²) < 4.78 is 0. The molecular weight excluding hydrogens is 256 g/mol. The number of anilines is 1. The van der Waals surface area contributed by atoms with Gasteiger partial charge in [-0.15, -0.1) is 0 Å². The van der Waals surface area contributed by atoms with E-state index in [0.717, 1.165) is 5.69 Å². The highest BCUT2D eigenvalue weighted by molar-refractivity contribution is 6.38. The lowest BCUT2D eigenvalue weighted by Crippen LogP contribution is -2.25. The number of rotatable bonds is 2. The van der Waals surface area contributed by atoms with E-state index in [4.69, 9.17) is 0 Å². The second-order valence-electron chi connectivity index (χ2n) is 4.37. The van der Waals surface area contributed by atoms with Crippen molar-refractivity contribution < 1.29 is 10.0 Å². The number of nitrogens with one attached hydrogen (secondary N) is 1. The van der Waals surface area contributed by atoms with Crippen LogP contribution in [0.3, 0.4) is 0 Å². The molecule has 0 unspecified atom stereocenters. The maximum Gasteiger partial charge on any atom is 0.289 e. The van der Waals surface area contributed by atoms with Crippen molar-refractivity contribution in [2.24, 2.45) is 0 Å². The van der Waals surface area contributed by atoms with Gasteiger partial charge in [0, 0.05) is 16.1 Å². The van der Waals surface area contributed by atoms with E-state index in [-0.39, 0.29) is 11.5 Å². The van der Waals surface area contributed by atoms with E-state index in [2.05, 4.69) is 5.32 Å². The molecule has 20 heavy (non-hydrogen) atoms. The lowest BCUT2D eigenvalue weighted by Gasteiger charge is -2.12. The molecule has 100 valence electrons. The summed E-state index contributed by atoms with van der Waals surface area (Å²) in [4.78, 5) is -0.569. The van der Waals surface area contributed by atoms with Gasteiger partial charge in [0.05, 0.1) is 0 Å². The predicted molar refractivity (Wildman–Crippen MR) is 77.2 cm³/mol. The maximum absolute atomic E-state index is 11.2. The molecule has 2 aromatic rings. The van der Waals surface area contributed by atoms with Crippen LogP contribution in [0.5, 0.6) is 0 Å². The number of nitrogens with zero attached hydrogens (tertiary/aromatic N) is 1. The molecular formula is C15H11N2O3-. The lowest BCUT2D eigenvalue weighted by molar-refractivity contribution is -0.376. The van der Waals surface area contributed by atoms with E-state index in [9.17, 15) is 15.5 Å². The number of hydrogen-bond acceptors (Lipinski definition) is 4. The van der Waals surface area contributed by atoms with Crippen molar-refractivity contribution in [3.05, 3.63) is 75.4 Å². The Labute approximate surface area is 114 Å². The first-order chi connectivity index (χ1) is 9.68. The second kappa shape index (κ2) is 4.62. The van der Waals surface area contributed by atoms with Crippen molar-refractivity contribution in [3.8, 4) is 0 Å². The Morgan fingerprint density at radius 1 is 0.850 bits per heavy atom. The zero-order valence-corrected chi connectivity index (χ0v) is 10.4. The second-order valence-corrected chi connectivity index (χ2v) is 4.37. The van der Waals surface area contributed by atoms with Crippen molar-refractivity contribution >= 4 is 22.9 Å². The number of para-hydroxylation sites is 1. The standard InChI is InChI=1S/C15H11N2O3/c18-15-12-9-5-4-8-11(12)13(14(15)17(19)20)16-10-6-2-1-3-7-10/h1-9,16H,(H-,18,19,20)/q-1. The molecule has 0 spiro atoms. The number of aliphatic hydroxyl groups excluding tert-OH is 1. The van der Waals surface area contributed by atoms with Crippen molar-refractivity contribution in [2.45, 2.75) is 0 Å². The average Bonchev–Trinajstić information content (AvgIpc) is 2.74. The molecule has 0 fully saturated rings. The fourth-order valence-corrected chi connectivity index (χ4v) is 2.25. The summed E-state index contributed by atoms with van der Waals surface area (Å²) in [5.41, 5.74) is 0.746. The predicted octanol–water partition coefficient (Wildman–Crippen LogP) is 1.04. The molecule has 5 nitrogen and oxygen atoms in total. The third-order valence-corrected chi connectivity index (χ3v) is 3.14. The summed E-state index contributed by atoms with van der Waals surface area (Å²) in [7, 11) is 0. The fourth-order valence-electron chi connectivity index (χ4n) is 2.25. The SMILES string of the molecule is [O-][N+]([O-])=C1C(O)=c2ccccc2=C1Nc1ccccc1. The molecule has 3 rings (SSSR count).